The lowest BCUT2D eigenvalue weighted by Gasteiger charge is -2.21. The molecule has 3 rings (SSSR count). The molecule has 1 N–H and O–H groups in total. The first-order chi connectivity index (χ1) is 13.7. The zero-order chi connectivity index (χ0) is 21.2. The first-order valence-electron chi connectivity index (χ1n) is 8.72. The summed E-state index contributed by atoms with van der Waals surface area (Å²) >= 11 is 0. The van der Waals surface area contributed by atoms with Gasteiger partial charge in [0.15, 0.2) is 0 Å². The standard InChI is InChI=1S/C19H17F3N4O3/c1-2-25(10-15-23-14-6-4-3-5-13(14)18(29)24-15)17(28)11-26-9-12(19(20,21)22)7-8-16(26)27/h3-9H,2,10-11H2,1H3,(H,23,24,29). The van der Waals surface area contributed by atoms with Crippen LogP contribution in [0.2, 0.25) is 0 Å². The molecule has 0 saturated carbocycles. The number of alkyl halides is 3. The Balaban J connectivity index is 1.83. The Bertz CT molecular complexity index is 1170. The largest absolute Gasteiger partial charge is 0.417 e. The second kappa shape index (κ2) is 7.90. The quantitative estimate of drug-likeness (QED) is 0.703. The predicted octanol–water partition coefficient (Wildman–Crippen LogP) is 2.15. The van der Waals surface area contributed by atoms with Crippen molar-refractivity contribution in [2.24, 2.45) is 0 Å². The molecule has 0 atom stereocenters. The number of amides is 1. The van der Waals surface area contributed by atoms with Crippen molar-refractivity contribution in [2.45, 2.75) is 26.2 Å². The van der Waals surface area contributed by atoms with Gasteiger partial charge < -0.3 is 14.5 Å². The van der Waals surface area contributed by atoms with Crippen LogP contribution in [0, 0.1) is 0 Å². The highest BCUT2D eigenvalue weighted by atomic mass is 19.4. The SMILES string of the molecule is CCN(Cc1nc2ccccc2c(=O)[nH]1)C(=O)Cn1cc(C(F)(F)F)ccc1=O. The van der Waals surface area contributed by atoms with Crippen molar-refractivity contribution >= 4 is 16.8 Å². The third-order valence-electron chi connectivity index (χ3n) is 4.35. The number of H-pyrrole nitrogens is 1. The first-order valence-corrected chi connectivity index (χ1v) is 8.72. The van der Waals surface area contributed by atoms with E-state index in [1.54, 1.807) is 31.2 Å². The van der Waals surface area contributed by atoms with E-state index in [-0.39, 0.29) is 24.5 Å². The van der Waals surface area contributed by atoms with E-state index in [1.807, 2.05) is 0 Å². The minimum Gasteiger partial charge on any atom is -0.334 e. The fourth-order valence-corrected chi connectivity index (χ4v) is 2.84. The number of nitrogens with one attached hydrogen (secondary N) is 1. The highest BCUT2D eigenvalue weighted by Gasteiger charge is 2.31. The van der Waals surface area contributed by atoms with Gasteiger partial charge in [0.1, 0.15) is 12.4 Å². The molecule has 0 aliphatic heterocycles. The van der Waals surface area contributed by atoms with Crippen LogP contribution in [0.15, 0.2) is 52.2 Å². The monoisotopic (exact) mass is 406 g/mol. The first kappa shape index (κ1) is 20.3. The van der Waals surface area contributed by atoms with Crippen LogP contribution in [0.3, 0.4) is 0 Å². The Morgan fingerprint density at radius 3 is 2.59 bits per heavy atom. The summed E-state index contributed by atoms with van der Waals surface area (Å²) < 4.78 is 39.3. The molecule has 2 aromatic heterocycles. The van der Waals surface area contributed by atoms with Crippen LogP contribution in [-0.2, 0) is 24.1 Å². The van der Waals surface area contributed by atoms with E-state index in [2.05, 4.69) is 9.97 Å². The maximum absolute atomic E-state index is 12.9. The zero-order valence-electron chi connectivity index (χ0n) is 15.4. The number of aromatic nitrogens is 3. The third kappa shape index (κ3) is 4.53. The Morgan fingerprint density at radius 1 is 1.17 bits per heavy atom. The molecule has 10 heteroatoms. The number of carbonyl (C=O) groups is 1. The van der Waals surface area contributed by atoms with Gasteiger partial charge in [-0.2, -0.15) is 13.2 Å². The summed E-state index contributed by atoms with van der Waals surface area (Å²) in [4.78, 5) is 44.8. The highest BCUT2D eigenvalue weighted by Crippen LogP contribution is 2.28. The Morgan fingerprint density at radius 2 is 1.90 bits per heavy atom. The van der Waals surface area contributed by atoms with E-state index in [0.29, 0.717) is 27.7 Å². The molecule has 0 saturated heterocycles. The van der Waals surface area contributed by atoms with Crippen LogP contribution in [0.4, 0.5) is 13.2 Å². The van der Waals surface area contributed by atoms with Gasteiger partial charge in [-0.05, 0) is 25.1 Å². The number of aromatic amines is 1. The highest BCUT2D eigenvalue weighted by molar-refractivity contribution is 5.77. The fourth-order valence-electron chi connectivity index (χ4n) is 2.84. The van der Waals surface area contributed by atoms with Gasteiger partial charge in [0.2, 0.25) is 5.91 Å². The number of hydrogen-bond donors (Lipinski definition) is 1. The number of rotatable bonds is 5. The lowest BCUT2D eigenvalue weighted by Crippen LogP contribution is -2.37. The molecular formula is C19H17F3N4O3. The molecular weight excluding hydrogens is 389 g/mol. The van der Waals surface area contributed by atoms with Gasteiger partial charge in [-0.1, -0.05) is 12.1 Å². The number of para-hydroxylation sites is 1. The number of benzene rings is 1. The van der Waals surface area contributed by atoms with E-state index in [0.717, 1.165) is 6.07 Å². The molecule has 2 heterocycles. The van der Waals surface area contributed by atoms with Crippen LogP contribution in [0.1, 0.15) is 18.3 Å². The molecule has 0 aliphatic rings. The van der Waals surface area contributed by atoms with Crippen molar-refractivity contribution in [3.05, 3.63) is 74.7 Å². The van der Waals surface area contributed by atoms with Crippen molar-refractivity contribution in [3.63, 3.8) is 0 Å². The molecule has 0 aliphatic carbocycles. The molecule has 1 aromatic carbocycles. The van der Waals surface area contributed by atoms with Crippen LogP contribution < -0.4 is 11.1 Å². The van der Waals surface area contributed by atoms with Crippen molar-refractivity contribution < 1.29 is 18.0 Å². The normalized spacial score (nSPS) is 11.6. The number of fused-ring (bicyclic) bond motifs is 1. The fraction of sp³-hybridized carbons (Fsp3) is 0.263. The van der Waals surface area contributed by atoms with Crippen molar-refractivity contribution in [2.75, 3.05) is 6.54 Å². The average molecular weight is 406 g/mol. The van der Waals surface area contributed by atoms with Gasteiger partial charge in [0.05, 0.1) is 23.0 Å². The Labute approximate surface area is 162 Å². The van der Waals surface area contributed by atoms with Crippen LogP contribution in [0.25, 0.3) is 10.9 Å². The summed E-state index contributed by atoms with van der Waals surface area (Å²) in [6.45, 7) is 1.27. The number of pyridine rings is 1. The van der Waals surface area contributed by atoms with Gasteiger partial charge >= 0.3 is 6.18 Å². The van der Waals surface area contributed by atoms with E-state index in [1.165, 1.54) is 4.90 Å². The predicted molar refractivity (Wildman–Crippen MR) is 99.2 cm³/mol. The summed E-state index contributed by atoms with van der Waals surface area (Å²) in [6.07, 6.45) is -4.01. The molecule has 0 spiro atoms. The van der Waals surface area contributed by atoms with Crippen molar-refractivity contribution in [1.82, 2.24) is 19.4 Å². The van der Waals surface area contributed by atoms with Crippen LogP contribution >= 0.6 is 0 Å². The summed E-state index contributed by atoms with van der Waals surface area (Å²) in [5.74, 6) is -0.343. The Kier molecular flexibility index (Phi) is 5.53. The number of likely N-dealkylation sites (N-methyl/N-ethyl adjacent to an activating group) is 1. The maximum atomic E-state index is 12.9. The molecule has 0 unspecified atom stereocenters. The molecule has 7 nitrogen and oxygen atoms in total. The second-order valence-electron chi connectivity index (χ2n) is 6.32. The number of hydrogen-bond acceptors (Lipinski definition) is 4. The molecule has 1 amide bonds. The zero-order valence-corrected chi connectivity index (χ0v) is 15.4. The topological polar surface area (TPSA) is 88.1 Å². The molecule has 0 bridgehead atoms. The van der Waals surface area contributed by atoms with Gasteiger partial charge in [-0.3, -0.25) is 14.4 Å². The van der Waals surface area contributed by atoms with Crippen LogP contribution in [0.5, 0.6) is 0 Å². The molecule has 0 radical (unpaired) electrons. The number of halogens is 3. The Hall–Kier alpha value is -3.43. The van der Waals surface area contributed by atoms with E-state index in [9.17, 15) is 27.6 Å². The van der Waals surface area contributed by atoms with Crippen molar-refractivity contribution in [3.8, 4) is 0 Å². The lowest BCUT2D eigenvalue weighted by atomic mass is 10.2. The number of carbonyl (C=O) groups excluding carboxylic acids is 1. The summed E-state index contributed by atoms with van der Waals surface area (Å²) in [7, 11) is 0. The minimum absolute atomic E-state index is 0.0525. The summed E-state index contributed by atoms with van der Waals surface area (Å²) in [5.41, 5.74) is -1.64. The molecule has 152 valence electrons. The number of nitrogens with zero attached hydrogens (tertiary/aromatic N) is 3. The second-order valence-corrected chi connectivity index (χ2v) is 6.32. The molecule has 3 aromatic rings. The third-order valence-corrected chi connectivity index (χ3v) is 4.35. The van der Waals surface area contributed by atoms with Gasteiger partial charge in [0.25, 0.3) is 11.1 Å². The van der Waals surface area contributed by atoms with Crippen LogP contribution in [-0.4, -0.2) is 31.9 Å². The van der Waals surface area contributed by atoms with E-state index in [4.69, 9.17) is 0 Å². The molecule has 29 heavy (non-hydrogen) atoms. The molecule has 0 fully saturated rings. The maximum Gasteiger partial charge on any atom is 0.417 e. The van der Waals surface area contributed by atoms with E-state index < -0.39 is 29.8 Å². The minimum atomic E-state index is -4.63. The lowest BCUT2D eigenvalue weighted by molar-refractivity contribution is -0.138. The van der Waals surface area contributed by atoms with Gasteiger partial charge in [-0.25, -0.2) is 4.98 Å². The average Bonchev–Trinajstić information content (AvgIpc) is 2.67. The smallest absolute Gasteiger partial charge is 0.334 e. The van der Waals surface area contributed by atoms with E-state index >= 15 is 0 Å². The summed E-state index contributed by atoms with van der Waals surface area (Å²) in [6, 6.07) is 8.15. The van der Waals surface area contributed by atoms with Crippen molar-refractivity contribution in [1.29, 1.82) is 0 Å². The van der Waals surface area contributed by atoms with Gasteiger partial charge in [-0.15, -0.1) is 0 Å². The van der Waals surface area contributed by atoms with Gasteiger partial charge in [0, 0.05) is 18.8 Å². The summed E-state index contributed by atoms with van der Waals surface area (Å²) in [5, 5.41) is 0.404.